The molecule has 0 aromatic rings. The number of hydrogen-bond acceptors (Lipinski definition) is 6. The zero-order valence-corrected chi connectivity index (χ0v) is 37.3. The van der Waals surface area contributed by atoms with Crippen molar-refractivity contribution in [3.8, 4) is 0 Å². The normalized spacial score (nSPS) is 13.5. The Labute approximate surface area is 349 Å². The summed E-state index contributed by atoms with van der Waals surface area (Å²) in [6, 6.07) is -0.621. The van der Waals surface area contributed by atoms with Crippen LogP contribution in [-0.4, -0.2) is 80.6 Å². The number of esters is 2. The SMILES string of the molecule is CC/C=C/C=C/C=C/CCCCCCCCCC(=O)OCC(COCCC(C(=O)O)[N+](C)(C)C)OC(=O)CCCCCCC/C=C/C=C/CCCCCCCCC. The molecule has 0 aliphatic carbocycles. The molecule has 0 saturated carbocycles. The Hall–Kier alpha value is -2.97. The molecule has 328 valence electrons. The van der Waals surface area contributed by atoms with Gasteiger partial charge in [0.15, 0.2) is 12.1 Å². The van der Waals surface area contributed by atoms with Gasteiger partial charge in [-0.25, -0.2) is 4.79 Å². The van der Waals surface area contributed by atoms with Gasteiger partial charge in [0.1, 0.15) is 6.61 Å². The van der Waals surface area contributed by atoms with Crippen LogP contribution in [0.3, 0.4) is 0 Å². The molecule has 0 rings (SSSR count). The van der Waals surface area contributed by atoms with Crippen LogP contribution in [-0.2, 0) is 28.6 Å². The van der Waals surface area contributed by atoms with Crippen molar-refractivity contribution in [3.05, 3.63) is 60.8 Å². The highest BCUT2D eigenvalue weighted by atomic mass is 16.6. The summed E-state index contributed by atoms with van der Waals surface area (Å²) < 4.78 is 17.3. The van der Waals surface area contributed by atoms with E-state index < -0.39 is 18.1 Å². The fourth-order valence-electron chi connectivity index (χ4n) is 6.43. The number of hydrogen-bond donors (Lipinski definition) is 1. The van der Waals surface area contributed by atoms with Crippen LogP contribution >= 0.6 is 0 Å². The molecular formula is C49H86NO7+. The zero-order chi connectivity index (χ0) is 42.1. The highest BCUT2D eigenvalue weighted by Crippen LogP contribution is 2.14. The molecule has 8 nitrogen and oxygen atoms in total. The number of carbonyl (C=O) groups excluding carboxylic acids is 2. The first kappa shape index (κ1) is 54.0. The Morgan fingerprint density at radius 1 is 0.544 bits per heavy atom. The minimum atomic E-state index is -0.881. The lowest BCUT2D eigenvalue weighted by Gasteiger charge is -2.31. The molecule has 0 aliphatic rings. The highest BCUT2D eigenvalue weighted by molar-refractivity contribution is 5.72. The average Bonchev–Trinajstić information content (AvgIpc) is 3.17. The summed E-state index contributed by atoms with van der Waals surface area (Å²) in [5, 5.41) is 9.62. The second kappa shape index (κ2) is 39.8. The molecule has 0 amide bonds. The van der Waals surface area contributed by atoms with Crippen LogP contribution in [0.2, 0.25) is 0 Å². The van der Waals surface area contributed by atoms with Gasteiger partial charge in [0.05, 0.1) is 34.4 Å². The standard InChI is InChI=1S/C49H85NO7/c1-6-8-10-12-14-16-18-20-22-23-24-26-28-30-32-34-36-38-40-48(52)57-45(43-55-42-41-46(49(53)54)50(3,4)5)44-56-47(51)39-37-35-33-31-29-27-25-21-19-17-15-13-11-9-7-2/h9,11,13,15,17,19,22-24,26,45-46H,6-8,10,12,14,16,18,20-21,25,27-44H2,1-5H3/p+1/b11-9+,15-13+,19-17+,23-22+,26-24+. The van der Waals surface area contributed by atoms with Crippen LogP contribution in [0.15, 0.2) is 60.8 Å². The molecule has 57 heavy (non-hydrogen) atoms. The first-order valence-electron chi connectivity index (χ1n) is 22.9. The third-order valence-electron chi connectivity index (χ3n) is 9.99. The van der Waals surface area contributed by atoms with Gasteiger partial charge in [-0.15, -0.1) is 0 Å². The maximum absolute atomic E-state index is 12.7. The fourth-order valence-corrected chi connectivity index (χ4v) is 6.43. The molecule has 8 heteroatoms. The van der Waals surface area contributed by atoms with Gasteiger partial charge in [0.25, 0.3) is 0 Å². The van der Waals surface area contributed by atoms with E-state index in [9.17, 15) is 19.5 Å². The van der Waals surface area contributed by atoms with Gasteiger partial charge in [-0.3, -0.25) is 9.59 Å². The lowest BCUT2D eigenvalue weighted by Crippen LogP contribution is -2.50. The van der Waals surface area contributed by atoms with Crippen molar-refractivity contribution in [2.45, 2.75) is 193 Å². The van der Waals surface area contributed by atoms with E-state index >= 15 is 0 Å². The molecule has 0 aromatic heterocycles. The molecule has 0 aromatic carbocycles. The summed E-state index contributed by atoms with van der Waals surface area (Å²) in [7, 11) is 5.51. The van der Waals surface area contributed by atoms with Crippen molar-refractivity contribution < 1.29 is 38.2 Å². The van der Waals surface area contributed by atoms with Gasteiger partial charge < -0.3 is 23.8 Å². The number of rotatable bonds is 40. The molecule has 1 N–H and O–H groups in total. The van der Waals surface area contributed by atoms with Crippen LogP contribution in [0, 0.1) is 0 Å². The second-order valence-electron chi connectivity index (χ2n) is 16.4. The summed E-state index contributed by atoms with van der Waals surface area (Å²) >= 11 is 0. The highest BCUT2D eigenvalue weighted by Gasteiger charge is 2.31. The molecule has 0 bridgehead atoms. The lowest BCUT2D eigenvalue weighted by molar-refractivity contribution is -0.887. The largest absolute Gasteiger partial charge is 0.477 e. The van der Waals surface area contributed by atoms with Crippen LogP contribution < -0.4 is 0 Å². The van der Waals surface area contributed by atoms with Gasteiger partial charge in [0.2, 0.25) is 0 Å². The number of ether oxygens (including phenoxy) is 3. The first-order chi connectivity index (χ1) is 27.6. The maximum Gasteiger partial charge on any atom is 0.362 e. The molecule has 2 atom stereocenters. The summed E-state index contributed by atoms with van der Waals surface area (Å²) in [6.07, 6.45) is 48.3. The maximum atomic E-state index is 12.7. The van der Waals surface area contributed by atoms with E-state index in [1.807, 2.05) is 21.1 Å². The number of allylic oxidation sites excluding steroid dienone is 10. The summed E-state index contributed by atoms with van der Waals surface area (Å²) in [5.41, 5.74) is 0. The van der Waals surface area contributed by atoms with Crippen molar-refractivity contribution >= 4 is 17.9 Å². The van der Waals surface area contributed by atoms with Crippen LogP contribution in [0.25, 0.3) is 0 Å². The molecule has 0 aliphatic heterocycles. The Balaban J connectivity index is 4.38. The van der Waals surface area contributed by atoms with E-state index in [-0.39, 0.29) is 36.2 Å². The molecule has 0 spiro atoms. The number of aliphatic carboxylic acids is 1. The van der Waals surface area contributed by atoms with E-state index in [1.54, 1.807) is 0 Å². The summed E-state index contributed by atoms with van der Waals surface area (Å²) in [4.78, 5) is 37.0. The molecule has 0 radical (unpaired) electrons. The third kappa shape index (κ3) is 38.3. The molecule has 2 unspecified atom stereocenters. The van der Waals surface area contributed by atoms with Crippen molar-refractivity contribution in [3.63, 3.8) is 0 Å². The van der Waals surface area contributed by atoms with Crippen molar-refractivity contribution in [2.24, 2.45) is 0 Å². The number of nitrogens with zero attached hydrogens (tertiary/aromatic N) is 1. The average molecular weight is 801 g/mol. The van der Waals surface area contributed by atoms with E-state index in [4.69, 9.17) is 14.2 Å². The molecule has 0 heterocycles. The van der Waals surface area contributed by atoms with Gasteiger partial charge in [0, 0.05) is 19.3 Å². The van der Waals surface area contributed by atoms with E-state index in [1.165, 1.54) is 77.0 Å². The Kier molecular flexibility index (Phi) is 37.8. The van der Waals surface area contributed by atoms with Gasteiger partial charge in [-0.05, 0) is 57.8 Å². The predicted octanol–water partition coefficient (Wildman–Crippen LogP) is 12.6. The monoisotopic (exact) mass is 801 g/mol. The van der Waals surface area contributed by atoms with E-state index in [2.05, 4.69) is 74.6 Å². The summed E-state index contributed by atoms with van der Waals surface area (Å²) in [5.74, 6) is -1.51. The molecule has 0 fully saturated rings. The van der Waals surface area contributed by atoms with Crippen LogP contribution in [0.1, 0.15) is 181 Å². The van der Waals surface area contributed by atoms with E-state index in [0.29, 0.717) is 19.3 Å². The Morgan fingerprint density at radius 3 is 1.46 bits per heavy atom. The topological polar surface area (TPSA) is 99.1 Å². The zero-order valence-electron chi connectivity index (χ0n) is 37.3. The lowest BCUT2D eigenvalue weighted by atomic mass is 10.1. The number of likely N-dealkylation sites (N-methyl/N-ethyl adjacent to an activating group) is 1. The number of carboxylic acid groups (broad SMARTS) is 1. The van der Waals surface area contributed by atoms with Crippen LogP contribution in [0.4, 0.5) is 0 Å². The quantitative estimate of drug-likeness (QED) is 0.0285. The fraction of sp³-hybridized carbons (Fsp3) is 0.735. The number of carboxylic acids is 1. The minimum absolute atomic E-state index is 0.0487. The van der Waals surface area contributed by atoms with Gasteiger partial charge in [-0.1, -0.05) is 164 Å². The van der Waals surface area contributed by atoms with Crippen molar-refractivity contribution in [2.75, 3.05) is 41.0 Å². The predicted molar refractivity (Wildman–Crippen MR) is 238 cm³/mol. The van der Waals surface area contributed by atoms with Gasteiger partial charge in [-0.2, -0.15) is 0 Å². The first-order valence-corrected chi connectivity index (χ1v) is 22.9. The minimum Gasteiger partial charge on any atom is -0.477 e. The van der Waals surface area contributed by atoms with E-state index in [0.717, 1.165) is 70.6 Å². The Bertz CT molecular complexity index is 1120. The van der Waals surface area contributed by atoms with Gasteiger partial charge >= 0.3 is 17.9 Å². The number of unbranched alkanes of at least 4 members (excludes halogenated alkanes) is 19. The van der Waals surface area contributed by atoms with Crippen molar-refractivity contribution in [1.82, 2.24) is 0 Å². The van der Waals surface area contributed by atoms with Crippen LogP contribution in [0.5, 0.6) is 0 Å². The Morgan fingerprint density at radius 2 is 0.982 bits per heavy atom. The van der Waals surface area contributed by atoms with Crippen molar-refractivity contribution in [1.29, 1.82) is 0 Å². The molecule has 0 saturated heterocycles. The number of carbonyl (C=O) groups is 3. The molecular weight excluding hydrogens is 715 g/mol. The second-order valence-corrected chi connectivity index (χ2v) is 16.4. The smallest absolute Gasteiger partial charge is 0.362 e. The third-order valence-corrected chi connectivity index (χ3v) is 9.99. The number of quaternary nitrogens is 1. The summed E-state index contributed by atoms with van der Waals surface area (Å²) in [6.45, 7) is 4.57.